The van der Waals surface area contributed by atoms with Crippen molar-refractivity contribution in [3.63, 3.8) is 0 Å². The topological polar surface area (TPSA) is 58.9 Å². The molecular weight excluding hydrogens is 234 g/mol. The Kier molecular flexibility index (Phi) is 2.29. The van der Waals surface area contributed by atoms with Gasteiger partial charge in [0.2, 0.25) is 0 Å². The summed E-state index contributed by atoms with van der Waals surface area (Å²) in [7, 11) is 2.01. The highest BCUT2D eigenvalue weighted by atomic mass is 32.1. The molecule has 0 atom stereocenters. The van der Waals surface area contributed by atoms with Gasteiger partial charge in [-0.05, 0) is 25.1 Å². The second-order valence-corrected chi connectivity index (χ2v) is 4.66. The number of aromatic nitrogens is 4. The van der Waals surface area contributed by atoms with Crippen LogP contribution in [0.4, 0.5) is 5.69 Å². The number of nitrogens with zero attached hydrogens (tertiary/aromatic N) is 4. The summed E-state index contributed by atoms with van der Waals surface area (Å²) in [5.74, 6) is 0. The van der Waals surface area contributed by atoms with Gasteiger partial charge in [0.05, 0.1) is 5.69 Å². The first-order chi connectivity index (χ1) is 8.24. The van der Waals surface area contributed by atoms with E-state index in [2.05, 4.69) is 37.3 Å². The average Bonchev–Trinajstić information content (AvgIpc) is 2.90. The van der Waals surface area contributed by atoms with E-state index in [9.17, 15) is 0 Å². The van der Waals surface area contributed by atoms with Crippen molar-refractivity contribution in [3.8, 4) is 0 Å². The zero-order valence-corrected chi connectivity index (χ0v) is 10.3. The molecule has 0 saturated carbocycles. The zero-order valence-electron chi connectivity index (χ0n) is 9.51. The van der Waals surface area contributed by atoms with Crippen LogP contribution in [0.15, 0.2) is 28.6 Å². The molecule has 0 fully saturated rings. The Hall–Kier alpha value is -1.95. The van der Waals surface area contributed by atoms with Crippen LogP contribution < -0.4 is 4.80 Å². The number of benzene rings is 1. The Morgan fingerprint density at radius 1 is 1.29 bits per heavy atom. The van der Waals surface area contributed by atoms with E-state index in [1.807, 2.05) is 25.2 Å². The lowest BCUT2D eigenvalue weighted by Gasteiger charge is -1.95. The molecule has 2 heterocycles. The molecule has 6 heteroatoms. The van der Waals surface area contributed by atoms with Gasteiger partial charge < -0.3 is 4.57 Å². The Morgan fingerprint density at radius 3 is 2.88 bits per heavy atom. The molecule has 0 bridgehead atoms. The summed E-state index contributed by atoms with van der Waals surface area (Å²) in [6.45, 7) is 2.07. The SMILES string of the molecule is Cc1csc(=Nc2ccc3n[nH]nc3c2)n1C. The van der Waals surface area contributed by atoms with Crippen LogP contribution in [0.5, 0.6) is 0 Å². The van der Waals surface area contributed by atoms with Gasteiger partial charge in [0.25, 0.3) is 0 Å². The maximum Gasteiger partial charge on any atom is 0.189 e. The van der Waals surface area contributed by atoms with E-state index >= 15 is 0 Å². The molecule has 3 rings (SSSR count). The Bertz CT molecular complexity index is 733. The Balaban J connectivity index is 2.16. The van der Waals surface area contributed by atoms with Gasteiger partial charge in [-0.2, -0.15) is 15.4 Å². The van der Waals surface area contributed by atoms with Crippen LogP contribution in [0.2, 0.25) is 0 Å². The number of H-pyrrole nitrogens is 1. The fourth-order valence-electron chi connectivity index (χ4n) is 1.56. The van der Waals surface area contributed by atoms with Gasteiger partial charge in [-0.1, -0.05) is 0 Å². The number of nitrogens with one attached hydrogen (secondary N) is 1. The van der Waals surface area contributed by atoms with Crippen LogP contribution in [0.3, 0.4) is 0 Å². The van der Waals surface area contributed by atoms with Crippen molar-refractivity contribution in [1.29, 1.82) is 0 Å². The number of hydrogen-bond donors (Lipinski definition) is 1. The summed E-state index contributed by atoms with van der Waals surface area (Å²) >= 11 is 1.63. The van der Waals surface area contributed by atoms with E-state index in [0.29, 0.717) is 0 Å². The number of aryl methyl sites for hydroxylation is 1. The molecule has 1 N–H and O–H groups in total. The van der Waals surface area contributed by atoms with E-state index in [-0.39, 0.29) is 0 Å². The normalized spacial score (nSPS) is 12.5. The summed E-state index contributed by atoms with van der Waals surface area (Å²) in [4.78, 5) is 5.57. The van der Waals surface area contributed by atoms with Crippen molar-refractivity contribution < 1.29 is 0 Å². The Morgan fingerprint density at radius 2 is 2.12 bits per heavy atom. The summed E-state index contributed by atoms with van der Waals surface area (Å²) < 4.78 is 2.07. The number of hydrogen-bond acceptors (Lipinski definition) is 4. The van der Waals surface area contributed by atoms with Crippen molar-refractivity contribution in [2.75, 3.05) is 0 Å². The van der Waals surface area contributed by atoms with Gasteiger partial charge in [-0.3, -0.25) is 0 Å². The van der Waals surface area contributed by atoms with E-state index < -0.39 is 0 Å². The summed E-state index contributed by atoms with van der Waals surface area (Å²) in [6, 6.07) is 5.78. The second-order valence-electron chi connectivity index (χ2n) is 3.83. The predicted molar refractivity (Wildman–Crippen MR) is 67.1 cm³/mol. The van der Waals surface area contributed by atoms with Gasteiger partial charge in [-0.25, -0.2) is 4.99 Å². The van der Waals surface area contributed by atoms with Gasteiger partial charge >= 0.3 is 0 Å². The van der Waals surface area contributed by atoms with Crippen LogP contribution in [0, 0.1) is 6.92 Å². The minimum atomic E-state index is 0.835. The molecule has 0 aliphatic rings. The summed E-state index contributed by atoms with van der Waals surface area (Å²) in [5, 5.41) is 12.7. The number of rotatable bonds is 1. The van der Waals surface area contributed by atoms with Gasteiger partial charge in [0.15, 0.2) is 4.80 Å². The van der Waals surface area contributed by atoms with Crippen LogP contribution in [-0.2, 0) is 7.05 Å². The highest BCUT2D eigenvalue weighted by Gasteiger charge is 2.00. The van der Waals surface area contributed by atoms with Crippen LogP contribution in [0.1, 0.15) is 5.69 Å². The second kappa shape index (κ2) is 3.81. The molecule has 17 heavy (non-hydrogen) atoms. The lowest BCUT2D eigenvalue weighted by atomic mass is 10.3. The molecular formula is C11H11N5S. The largest absolute Gasteiger partial charge is 0.324 e. The number of thiazole rings is 1. The molecule has 1 aromatic carbocycles. The van der Waals surface area contributed by atoms with Crippen molar-refractivity contribution in [3.05, 3.63) is 34.1 Å². The molecule has 2 aromatic heterocycles. The fraction of sp³-hybridized carbons (Fsp3) is 0.182. The molecule has 0 amide bonds. The van der Waals surface area contributed by atoms with Gasteiger partial charge in [0.1, 0.15) is 11.0 Å². The minimum Gasteiger partial charge on any atom is -0.324 e. The quantitative estimate of drug-likeness (QED) is 0.711. The molecule has 0 aliphatic heterocycles. The highest BCUT2D eigenvalue weighted by Crippen LogP contribution is 2.17. The molecule has 0 spiro atoms. The van der Waals surface area contributed by atoms with Gasteiger partial charge in [0, 0.05) is 18.1 Å². The number of aromatic amines is 1. The predicted octanol–water partition coefficient (Wildman–Crippen LogP) is 1.90. The highest BCUT2D eigenvalue weighted by molar-refractivity contribution is 7.07. The van der Waals surface area contributed by atoms with Crippen molar-refractivity contribution in [1.82, 2.24) is 20.0 Å². The molecule has 0 unspecified atom stereocenters. The minimum absolute atomic E-state index is 0.835. The monoisotopic (exact) mass is 245 g/mol. The average molecular weight is 245 g/mol. The standard InChI is InChI=1S/C11H11N5S/c1-7-6-17-11(16(7)2)12-8-3-4-9-10(5-8)14-15-13-9/h3-6H,1-2H3,(H,13,14,15). The smallest absolute Gasteiger partial charge is 0.189 e. The third-order valence-corrected chi connectivity index (χ3v) is 3.71. The van der Waals surface area contributed by atoms with Crippen molar-refractivity contribution >= 4 is 28.1 Å². The first kappa shape index (κ1) is 10.2. The first-order valence-electron chi connectivity index (χ1n) is 5.20. The lowest BCUT2D eigenvalue weighted by molar-refractivity contribution is 0.835. The van der Waals surface area contributed by atoms with Crippen LogP contribution in [0.25, 0.3) is 11.0 Å². The summed E-state index contributed by atoms with van der Waals surface area (Å²) in [6.07, 6.45) is 0. The maximum atomic E-state index is 4.59. The van der Waals surface area contributed by atoms with Crippen molar-refractivity contribution in [2.45, 2.75) is 6.92 Å². The molecule has 0 aliphatic carbocycles. The third-order valence-electron chi connectivity index (χ3n) is 2.68. The van der Waals surface area contributed by atoms with Crippen LogP contribution >= 0.6 is 11.3 Å². The maximum absolute atomic E-state index is 4.59. The zero-order chi connectivity index (χ0) is 11.8. The van der Waals surface area contributed by atoms with Crippen molar-refractivity contribution in [2.24, 2.45) is 12.0 Å². The first-order valence-corrected chi connectivity index (χ1v) is 6.08. The third kappa shape index (κ3) is 1.76. The molecule has 5 nitrogen and oxygen atoms in total. The number of fused-ring (bicyclic) bond motifs is 1. The lowest BCUT2D eigenvalue weighted by Crippen LogP contribution is -2.10. The Labute approximate surface area is 101 Å². The van der Waals surface area contributed by atoms with E-state index in [0.717, 1.165) is 21.5 Å². The summed E-state index contributed by atoms with van der Waals surface area (Å²) in [5.41, 5.74) is 3.79. The molecule has 0 radical (unpaired) electrons. The molecule has 0 saturated heterocycles. The van der Waals surface area contributed by atoms with E-state index in [1.165, 1.54) is 5.69 Å². The molecule has 3 aromatic rings. The van der Waals surface area contributed by atoms with Gasteiger partial charge in [-0.15, -0.1) is 11.3 Å². The molecule has 86 valence electrons. The fourth-order valence-corrected chi connectivity index (χ4v) is 2.45. The van der Waals surface area contributed by atoms with E-state index in [1.54, 1.807) is 11.3 Å². The van der Waals surface area contributed by atoms with Crippen LogP contribution in [-0.4, -0.2) is 20.0 Å². The van der Waals surface area contributed by atoms with E-state index in [4.69, 9.17) is 0 Å².